The fourth-order valence-corrected chi connectivity index (χ4v) is 2.19. The molecule has 0 spiro atoms. The van der Waals surface area contributed by atoms with E-state index in [1.165, 1.54) is 5.56 Å². The molecule has 0 saturated heterocycles. The Hall–Kier alpha value is -1.61. The number of benzene rings is 1. The van der Waals surface area contributed by atoms with Gasteiger partial charge in [-0.2, -0.15) is 0 Å². The van der Waals surface area contributed by atoms with E-state index in [1.54, 1.807) is 6.20 Å². The standard InChI is InChI=1S/C14H16N2O/c1-16-9-8-15-13(16)12-5-3-2-4-11(12)10-14(17)6-7-14/h2-5,8-9,17H,6-7,10H2,1H3. The zero-order chi connectivity index (χ0) is 11.9. The summed E-state index contributed by atoms with van der Waals surface area (Å²) in [5, 5.41) is 10.0. The third-order valence-corrected chi connectivity index (χ3v) is 3.43. The van der Waals surface area contributed by atoms with Crippen LogP contribution in [0.3, 0.4) is 0 Å². The lowest BCUT2D eigenvalue weighted by atomic mass is 10.00. The minimum absolute atomic E-state index is 0.457. The van der Waals surface area contributed by atoms with Gasteiger partial charge < -0.3 is 9.67 Å². The summed E-state index contributed by atoms with van der Waals surface area (Å²) in [6.07, 6.45) is 6.32. The second-order valence-electron chi connectivity index (χ2n) is 4.92. The summed E-state index contributed by atoms with van der Waals surface area (Å²) in [5.41, 5.74) is 1.85. The number of imidazole rings is 1. The molecule has 1 aliphatic carbocycles. The van der Waals surface area contributed by atoms with E-state index in [0.29, 0.717) is 0 Å². The zero-order valence-electron chi connectivity index (χ0n) is 9.93. The van der Waals surface area contributed by atoms with Gasteiger partial charge in [0.25, 0.3) is 0 Å². The van der Waals surface area contributed by atoms with Crippen molar-refractivity contribution in [2.75, 3.05) is 0 Å². The summed E-state index contributed by atoms with van der Waals surface area (Å²) < 4.78 is 2.01. The van der Waals surface area contributed by atoms with Crippen LogP contribution < -0.4 is 0 Å². The number of hydrogen-bond donors (Lipinski definition) is 1. The Labute approximate surface area is 101 Å². The minimum Gasteiger partial charge on any atom is -0.390 e. The maximum atomic E-state index is 10.0. The van der Waals surface area contributed by atoms with Gasteiger partial charge in [-0.1, -0.05) is 24.3 Å². The molecule has 1 saturated carbocycles. The molecule has 2 aromatic rings. The third kappa shape index (κ3) is 1.98. The van der Waals surface area contributed by atoms with Crippen molar-refractivity contribution in [3.63, 3.8) is 0 Å². The molecule has 88 valence electrons. The highest BCUT2D eigenvalue weighted by molar-refractivity contribution is 5.61. The summed E-state index contributed by atoms with van der Waals surface area (Å²) in [4.78, 5) is 4.38. The van der Waals surface area contributed by atoms with Gasteiger partial charge in [0.1, 0.15) is 5.82 Å². The highest BCUT2D eigenvalue weighted by atomic mass is 16.3. The normalized spacial score (nSPS) is 17.1. The van der Waals surface area contributed by atoms with Crippen molar-refractivity contribution in [3.8, 4) is 11.4 Å². The lowest BCUT2D eigenvalue weighted by Crippen LogP contribution is -2.12. The predicted octanol–water partition coefficient (Wildman–Crippen LogP) is 2.15. The largest absolute Gasteiger partial charge is 0.390 e. The number of nitrogens with zero attached hydrogens (tertiary/aromatic N) is 2. The van der Waals surface area contributed by atoms with E-state index in [-0.39, 0.29) is 0 Å². The number of hydrogen-bond acceptors (Lipinski definition) is 2. The molecule has 0 atom stereocenters. The average molecular weight is 228 g/mol. The molecule has 0 radical (unpaired) electrons. The maximum Gasteiger partial charge on any atom is 0.139 e. The van der Waals surface area contributed by atoms with E-state index in [4.69, 9.17) is 0 Å². The Morgan fingerprint density at radius 1 is 1.35 bits per heavy atom. The molecule has 0 amide bonds. The molecular formula is C14H16N2O. The van der Waals surface area contributed by atoms with E-state index in [9.17, 15) is 5.11 Å². The Kier molecular flexibility index (Phi) is 2.30. The highest BCUT2D eigenvalue weighted by Crippen LogP contribution is 2.39. The molecule has 0 aliphatic heterocycles. The number of aryl methyl sites for hydroxylation is 1. The van der Waals surface area contributed by atoms with Gasteiger partial charge in [0.2, 0.25) is 0 Å². The summed E-state index contributed by atoms with van der Waals surface area (Å²) in [6, 6.07) is 8.20. The van der Waals surface area contributed by atoms with Crippen LogP contribution in [0.4, 0.5) is 0 Å². The molecule has 3 nitrogen and oxygen atoms in total. The molecule has 1 aromatic heterocycles. The van der Waals surface area contributed by atoms with Gasteiger partial charge in [-0.05, 0) is 18.4 Å². The van der Waals surface area contributed by atoms with Gasteiger partial charge in [-0.15, -0.1) is 0 Å². The van der Waals surface area contributed by atoms with Gasteiger partial charge >= 0.3 is 0 Å². The van der Waals surface area contributed by atoms with Crippen molar-refractivity contribution in [2.24, 2.45) is 7.05 Å². The van der Waals surface area contributed by atoms with Crippen LogP contribution in [0, 0.1) is 0 Å². The number of aromatic nitrogens is 2. The van der Waals surface area contributed by atoms with E-state index in [0.717, 1.165) is 30.7 Å². The fraction of sp³-hybridized carbons (Fsp3) is 0.357. The third-order valence-electron chi connectivity index (χ3n) is 3.43. The van der Waals surface area contributed by atoms with Crippen molar-refractivity contribution in [2.45, 2.75) is 24.9 Å². The Morgan fingerprint density at radius 3 is 2.76 bits per heavy atom. The molecule has 0 unspecified atom stereocenters. The van der Waals surface area contributed by atoms with E-state index in [1.807, 2.05) is 29.9 Å². The van der Waals surface area contributed by atoms with Crippen LogP contribution in [0.2, 0.25) is 0 Å². The lowest BCUT2D eigenvalue weighted by molar-refractivity contribution is 0.151. The topological polar surface area (TPSA) is 38.0 Å². The molecule has 1 aromatic carbocycles. The van der Waals surface area contributed by atoms with Gasteiger partial charge in [0, 0.05) is 31.4 Å². The molecule has 1 N–H and O–H groups in total. The minimum atomic E-state index is -0.457. The van der Waals surface area contributed by atoms with Crippen molar-refractivity contribution in [1.29, 1.82) is 0 Å². The predicted molar refractivity (Wildman–Crippen MR) is 66.5 cm³/mol. The molecular weight excluding hydrogens is 212 g/mol. The average Bonchev–Trinajstić information content (AvgIpc) is 2.88. The van der Waals surface area contributed by atoms with Crippen LogP contribution in [0.15, 0.2) is 36.7 Å². The van der Waals surface area contributed by atoms with Crippen molar-refractivity contribution in [3.05, 3.63) is 42.2 Å². The zero-order valence-corrected chi connectivity index (χ0v) is 9.93. The van der Waals surface area contributed by atoms with Crippen LogP contribution >= 0.6 is 0 Å². The summed E-state index contributed by atoms with van der Waals surface area (Å²) in [6.45, 7) is 0. The van der Waals surface area contributed by atoms with Crippen LogP contribution in [0.5, 0.6) is 0 Å². The van der Waals surface area contributed by atoms with Crippen LogP contribution in [-0.4, -0.2) is 20.3 Å². The molecule has 1 fully saturated rings. The van der Waals surface area contributed by atoms with E-state index >= 15 is 0 Å². The quantitative estimate of drug-likeness (QED) is 0.874. The number of rotatable bonds is 3. The van der Waals surface area contributed by atoms with Gasteiger partial charge in [-0.3, -0.25) is 0 Å². The SMILES string of the molecule is Cn1ccnc1-c1ccccc1CC1(O)CC1. The molecule has 0 bridgehead atoms. The van der Waals surface area contributed by atoms with Crippen molar-refractivity contribution >= 4 is 0 Å². The second-order valence-corrected chi connectivity index (χ2v) is 4.92. The lowest BCUT2D eigenvalue weighted by Gasteiger charge is -2.12. The molecule has 1 aliphatic rings. The Bertz CT molecular complexity index is 541. The van der Waals surface area contributed by atoms with Gasteiger partial charge in [0.05, 0.1) is 5.60 Å². The molecule has 1 heterocycles. The van der Waals surface area contributed by atoms with Gasteiger partial charge in [-0.25, -0.2) is 4.98 Å². The summed E-state index contributed by atoms with van der Waals surface area (Å²) in [5.74, 6) is 0.963. The molecule has 17 heavy (non-hydrogen) atoms. The van der Waals surface area contributed by atoms with Crippen molar-refractivity contribution in [1.82, 2.24) is 9.55 Å². The second kappa shape index (κ2) is 3.70. The first-order valence-electron chi connectivity index (χ1n) is 5.96. The molecule has 3 heteroatoms. The van der Waals surface area contributed by atoms with Gasteiger partial charge in [0.15, 0.2) is 0 Å². The van der Waals surface area contributed by atoms with E-state index < -0.39 is 5.60 Å². The highest BCUT2D eigenvalue weighted by Gasteiger charge is 2.40. The fourth-order valence-electron chi connectivity index (χ4n) is 2.19. The smallest absolute Gasteiger partial charge is 0.139 e. The Balaban J connectivity index is 2.01. The van der Waals surface area contributed by atoms with Crippen LogP contribution in [0.25, 0.3) is 11.4 Å². The first kappa shape index (κ1) is 10.5. The first-order chi connectivity index (χ1) is 8.18. The first-order valence-corrected chi connectivity index (χ1v) is 5.96. The van der Waals surface area contributed by atoms with Crippen LogP contribution in [0.1, 0.15) is 18.4 Å². The maximum absolute atomic E-state index is 10.0. The number of aliphatic hydroxyl groups is 1. The van der Waals surface area contributed by atoms with Crippen molar-refractivity contribution < 1.29 is 5.11 Å². The summed E-state index contributed by atoms with van der Waals surface area (Å²) >= 11 is 0. The summed E-state index contributed by atoms with van der Waals surface area (Å²) in [7, 11) is 1.99. The van der Waals surface area contributed by atoms with E-state index in [2.05, 4.69) is 17.1 Å². The Morgan fingerprint density at radius 2 is 2.12 bits per heavy atom. The molecule has 3 rings (SSSR count). The monoisotopic (exact) mass is 228 g/mol. The van der Waals surface area contributed by atoms with Crippen LogP contribution in [-0.2, 0) is 13.5 Å².